The normalized spacial score (nSPS) is 12.0. The molecule has 0 spiro atoms. The van der Waals surface area contributed by atoms with Crippen LogP contribution in [0.5, 0.6) is 11.5 Å². The number of pyridine rings is 1. The van der Waals surface area contributed by atoms with Crippen molar-refractivity contribution in [1.29, 1.82) is 0 Å². The molecule has 3 aromatic rings. The zero-order valence-corrected chi connectivity index (χ0v) is 15.7. The van der Waals surface area contributed by atoms with Crippen LogP contribution >= 0.6 is 0 Å². The second-order valence-corrected chi connectivity index (χ2v) is 6.66. The molecule has 0 atom stereocenters. The van der Waals surface area contributed by atoms with E-state index in [0.717, 1.165) is 5.39 Å². The first-order chi connectivity index (χ1) is 14.0. The lowest BCUT2D eigenvalue weighted by atomic mass is 10.1. The van der Waals surface area contributed by atoms with Crippen LogP contribution in [0.4, 0.5) is 5.69 Å². The predicted molar refractivity (Wildman–Crippen MR) is 107 cm³/mol. The average Bonchev–Trinajstić information content (AvgIpc) is 3.17. The Balaban J connectivity index is 1.37. The number of nitrogens with one attached hydrogen (secondary N) is 2. The summed E-state index contributed by atoms with van der Waals surface area (Å²) in [4.78, 5) is 37.0. The summed E-state index contributed by atoms with van der Waals surface area (Å²) in [5, 5.41) is 6.60. The van der Waals surface area contributed by atoms with Gasteiger partial charge in [-0.3, -0.25) is 14.4 Å². The molecule has 0 unspecified atom stereocenters. The number of benzene rings is 2. The molecule has 29 heavy (non-hydrogen) atoms. The van der Waals surface area contributed by atoms with Gasteiger partial charge in [-0.05, 0) is 36.6 Å². The van der Waals surface area contributed by atoms with Gasteiger partial charge < -0.3 is 24.7 Å². The van der Waals surface area contributed by atoms with E-state index in [1.165, 1.54) is 4.57 Å². The Hall–Kier alpha value is -3.81. The summed E-state index contributed by atoms with van der Waals surface area (Å²) in [6, 6.07) is 14.1. The summed E-state index contributed by atoms with van der Waals surface area (Å²) in [5.41, 5.74) is 0.976. The first-order valence-corrected chi connectivity index (χ1v) is 9.06. The third-order valence-corrected chi connectivity index (χ3v) is 4.63. The van der Waals surface area contributed by atoms with Crippen LogP contribution in [0.1, 0.15) is 5.69 Å². The van der Waals surface area contributed by atoms with Crippen molar-refractivity contribution in [3.63, 3.8) is 0 Å². The summed E-state index contributed by atoms with van der Waals surface area (Å²) < 4.78 is 11.9. The van der Waals surface area contributed by atoms with Gasteiger partial charge in [0.25, 0.3) is 5.56 Å². The number of hydrogen-bond acceptors (Lipinski definition) is 5. The number of aryl methyl sites for hydroxylation is 1. The largest absolute Gasteiger partial charge is 0.454 e. The molecule has 2 amide bonds. The monoisotopic (exact) mass is 393 g/mol. The number of fused-ring (bicyclic) bond motifs is 2. The molecule has 1 aromatic heterocycles. The first kappa shape index (κ1) is 18.5. The molecule has 0 fully saturated rings. The zero-order chi connectivity index (χ0) is 20.4. The van der Waals surface area contributed by atoms with Gasteiger partial charge in [-0.1, -0.05) is 18.2 Å². The zero-order valence-electron chi connectivity index (χ0n) is 15.7. The number of nitrogens with zero attached hydrogens (tertiary/aromatic N) is 1. The minimum Gasteiger partial charge on any atom is -0.454 e. The van der Waals surface area contributed by atoms with Gasteiger partial charge in [0.15, 0.2) is 11.5 Å². The van der Waals surface area contributed by atoms with Crippen molar-refractivity contribution >= 4 is 28.3 Å². The maximum absolute atomic E-state index is 12.6. The molecule has 2 heterocycles. The highest BCUT2D eigenvalue weighted by atomic mass is 16.7. The molecule has 0 bridgehead atoms. The third kappa shape index (κ3) is 3.91. The van der Waals surface area contributed by atoms with Crippen molar-refractivity contribution in [1.82, 2.24) is 9.88 Å². The maximum Gasteiger partial charge on any atom is 0.259 e. The lowest BCUT2D eigenvalue weighted by Gasteiger charge is -2.12. The number of ether oxygens (including phenoxy) is 2. The van der Waals surface area contributed by atoms with Gasteiger partial charge in [-0.2, -0.15) is 0 Å². The highest BCUT2D eigenvalue weighted by molar-refractivity contribution is 5.94. The average molecular weight is 393 g/mol. The molecule has 0 aliphatic carbocycles. The summed E-state index contributed by atoms with van der Waals surface area (Å²) in [6.07, 6.45) is 0. The molecular formula is C21H19N3O5. The highest BCUT2D eigenvalue weighted by Crippen LogP contribution is 2.34. The van der Waals surface area contributed by atoms with Crippen LogP contribution in [-0.2, 0) is 16.1 Å². The first-order valence-electron chi connectivity index (χ1n) is 9.06. The number of hydrogen-bond donors (Lipinski definition) is 2. The van der Waals surface area contributed by atoms with Crippen molar-refractivity contribution in [2.24, 2.45) is 0 Å². The minimum absolute atomic E-state index is 0.149. The summed E-state index contributed by atoms with van der Waals surface area (Å²) in [7, 11) is 0. The third-order valence-electron chi connectivity index (χ3n) is 4.63. The Bertz CT molecular complexity index is 1170. The minimum atomic E-state index is -0.425. The maximum atomic E-state index is 12.6. The van der Waals surface area contributed by atoms with E-state index in [1.807, 2.05) is 18.2 Å². The SMILES string of the molecule is Cc1cc2ccccc2c(=O)n1CC(=O)NCC(=O)Nc1ccc2c(c1)OCO2. The lowest BCUT2D eigenvalue weighted by molar-refractivity contribution is -0.124. The van der Waals surface area contributed by atoms with Crippen LogP contribution in [0, 0.1) is 6.92 Å². The fourth-order valence-corrected chi connectivity index (χ4v) is 3.18. The van der Waals surface area contributed by atoms with Crippen molar-refractivity contribution in [2.45, 2.75) is 13.5 Å². The van der Waals surface area contributed by atoms with Crippen LogP contribution in [0.15, 0.2) is 53.3 Å². The molecule has 0 saturated carbocycles. The lowest BCUT2D eigenvalue weighted by Crippen LogP contribution is -2.37. The van der Waals surface area contributed by atoms with E-state index in [1.54, 1.807) is 37.3 Å². The molecule has 4 rings (SSSR count). The summed E-state index contributed by atoms with van der Waals surface area (Å²) in [6.45, 7) is 1.55. The van der Waals surface area contributed by atoms with Crippen LogP contribution < -0.4 is 25.7 Å². The quantitative estimate of drug-likeness (QED) is 0.689. The Kier molecular flexibility index (Phi) is 4.90. The van der Waals surface area contributed by atoms with Crippen LogP contribution in [0.2, 0.25) is 0 Å². The molecular weight excluding hydrogens is 374 g/mol. The predicted octanol–water partition coefficient (Wildman–Crippen LogP) is 1.79. The smallest absolute Gasteiger partial charge is 0.259 e. The Morgan fingerprint density at radius 2 is 1.83 bits per heavy atom. The molecule has 0 radical (unpaired) electrons. The molecule has 8 nitrogen and oxygen atoms in total. The van der Waals surface area contributed by atoms with E-state index in [0.29, 0.717) is 28.3 Å². The van der Waals surface area contributed by atoms with Crippen LogP contribution in [-0.4, -0.2) is 29.7 Å². The molecule has 1 aliphatic heterocycles. The van der Waals surface area contributed by atoms with E-state index in [9.17, 15) is 14.4 Å². The van der Waals surface area contributed by atoms with E-state index >= 15 is 0 Å². The molecule has 0 saturated heterocycles. The number of rotatable bonds is 5. The number of carbonyl (C=O) groups is 2. The fraction of sp³-hybridized carbons (Fsp3) is 0.190. The van der Waals surface area contributed by atoms with Gasteiger partial charge in [0.1, 0.15) is 6.54 Å². The summed E-state index contributed by atoms with van der Waals surface area (Å²) in [5.74, 6) is 0.358. The molecule has 148 valence electrons. The Morgan fingerprint density at radius 1 is 1.03 bits per heavy atom. The van der Waals surface area contributed by atoms with E-state index in [4.69, 9.17) is 9.47 Å². The number of carbonyl (C=O) groups excluding carboxylic acids is 2. The number of aromatic nitrogens is 1. The highest BCUT2D eigenvalue weighted by Gasteiger charge is 2.15. The van der Waals surface area contributed by atoms with Crippen LogP contribution in [0.3, 0.4) is 0 Å². The Morgan fingerprint density at radius 3 is 2.69 bits per heavy atom. The topological polar surface area (TPSA) is 98.7 Å². The van der Waals surface area contributed by atoms with Crippen LogP contribution in [0.25, 0.3) is 10.8 Å². The van der Waals surface area contributed by atoms with Gasteiger partial charge in [0, 0.05) is 22.8 Å². The molecule has 2 aromatic carbocycles. The number of amides is 2. The molecule has 8 heteroatoms. The van der Waals surface area contributed by atoms with Gasteiger partial charge in [0.2, 0.25) is 18.6 Å². The van der Waals surface area contributed by atoms with Gasteiger partial charge in [0.05, 0.1) is 6.54 Å². The van der Waals surface area contributed by atoms with Gasteiger partial charge >= 0.3 is 0 Å². The van der Waals surface area contributed by atoms with Gasteiger partial charge in [-0.25, -0.2) is 0 Å². The van der Waals surface area contributed by atoms with E-state index < -0.39 is 5.91 Å². The second-order valence-electron chi connectivity index (χ2n) is 6.66. The van der Waals surface area contributed by atoms with Crippen molar-refractivity contribution in [3.8, 4) is 11.5 Å². The number of anilines is 1. The molecule has 1 aliphatic rings. The van der Waals surface area contributed by atoms with E-state index in [2.05, 4.69) is 10.6 Å². The van der Waals surface area contributed by atoms with E-state index in [-0.39, 0.29) is 31.3 Å². The van der Waals surface area contributed by atoms with Crippen molar-refractivity contribution < 1.29 is 19.1 Å². The summed E-state index contributed by atoms with van der Waals surface area (Å²) >= 11 is 0. The fourth-order valence-electron chi connectivity index (χ4n) is 3.18. The van der Waals surface area contributed by atoms with Gasteiger partial charge in [-0.15, -0.1) is 0 Å². The van der Waals surface area contributed by atoms with Crippen molar-refractivity contribution in [2.75, 3.05) is 18.7 Å². The Labute approximate surface area is 166 Å². The second kappa shape index (κ2) is 7.67. The van der Waals surface area contributed by atoms with Crippen molar-refractivity contribution in [3.05, 3.63) is 64.6 Å². The standard InChI is InChI=1S/C21H19N3O5/c1-13-8-14-4-2-3-5-16(14)21(27)24(13)11-20(26)22-10-19(25)23-15-6-7-17-18(9-15)29-12-28-17/h2-9H,10-12H2,1H3,(H,22,26)(H,23,25). The molecule has 2 N–H and O–H groups in total.